The van der Waals surface area contributed by atoms with Crippen LogP contribution in [0.3, 0.4) is 0 Å². The lowest BCUT2D eigenvalue weighted by molar-refractivity contribution is 0.334. The quantitative estimate of drug-likeness (QED) is 0.410. The van der Waals surface area contributed by atoms with E-state index in [2.05, 4.69) is 42.3 Å². The Morgan fingerprint density at radius 2 is 1.71 bits per heavy atom. The number of fused-ring (bicyclic) bond motifs is 1. The van der Waals surface area contributed by atoms with Crippen molar-refractivity contribution in [3.05, 3.63) is 94.4 Å². The lowest BCUT2D eigenvalue weighted by Gasteiger charge is -2.19. The van der Waals surface area contributed by atoms with Gasteiger partial charge in [-0.05, 0) is 74.3 Å². The van der Waals surface area contributed by atoms with Crippen LogP contribution in [0.4, 0.5) is 0 Å². The largest absolute Gasteiger partial charge is 0.497 e. The highest BCUT2D eigenvalue weighted by Crippen LogP contribution is 2.26. The van der Waals surface area contributed by atoms with Gasteiger partial charge in [0.05, 0.1) is 24.2 Å². The molecule has 1 fully saturated rings. The molecule has 1 aromatic heterocycles. The molecule has 5 heteroatoms. The highest BCUT2D eigenvalue weighted by Gasteiger charge is 2.21. The summed E-state index contributed by atoms with van der Waals surface area (Å²) >= 11 is 0. The zero-order valence-corrected chi connectivity index (χ0v) is 19.9. The maximum atomic E-state index is 13.4. The number of likely N-dealkylation sites (tertiary alicyclic amines) is 1. The van der Waals surface area contributed by atoms with Crippen LogP contribution in [0.1, 0.15) is 36.6 Å². The monoisotopic (exact) mass is 453 g/mol. The van der Waals surface area contributed by atoms with Crippen LogP contribution in [0, 0.1) is 0 Å². The van der Waals surface area contributed by atoms with Gasteiger partial charge in [0.15, 0.2) is 0 Å². The summed E-state index contributed by atoms with van der Waals surface area (Å²) in [5.41, 5.74) is 4.44. The van der Waals surface area contributed by atoms with Gasteiger partial charge in [-0.3, -0.25) is 4.79 Å². The molecule has 0 amide bonds. The number of methoxy groups -OCH3 is 1. The fourth-order valence-corrected chi connectivity index (χ4v) is 4.93. The topological polar surface area (TPSA) is 47.4 Å². The Labute approximate surface area is 200 Å². The van der Waals surface area contributed by atoms with Gasteiger partial charge in [-0.15, -0.1) is 0 Å². The van der Waals surface area contributed by atoms with Gasteiger partial charge >= 0.3 is 0 Å². The number of aromatic nitrogens is 2. The third-order valence-electron chi connectivity index (χ3n) is 6.90. The van der Waals surface area contributed by atoms with Crippen LogP contribution < -0.4 is 10.3 Å². The van der Waals surface area contributed by atoms with Crippen molar-refractivity contribution in [3.8, 4) is 16.9 Å². The molecule has 3 aromatic carbocycles. The van der Waals surface area contributed by atoms with Gasteiger partial charge in [-0.1, -0.05) is 54.6 Å². The van der Waals surface area contributed by atoms with Crippen molar-refractivity contribution in [2.75, 3.05) is 27.2 Å². The number of ether oxygens (including phenoxy) is 1. The molecular weight excluding hydrogens is 422 g/mol. The van der Waals surface area contributed by atoms with E-state index in [1.165, 1.54) is 5.56 Å². The molecule has 174 valence electrons. The Kier molecular flexibility index (Phi) is 6.45. The second-order valence-corrected chi connectivity index (χ2v) is 9.24. The number of hydrogen-bond donors (Lipinski definition) is 0. The highest BCUT2D eigenvalue weighted by atomic mass is 16.5. The molecule has 5 nitrogen and oxygen atoms in total. The molecule has 1 atom stereocenters. The van der Waals surface area contributed by atoms with Crippen molar-refractivity contribution in [1.29, 1.82) is 0 Å². The third-order valence-corrected chi connectivity index (χ3v) is 6.90. The van der Waals surface area contributed by atoms with Crippen LogP contribution in [0.5, 0.6) is 5.75 Å². The van der Waals surface area contributed by atoms with E-state index in [0.29, 0.717) is 6.42 Å². The third kappa shape index (κ3) is 4.62. The van der Waals surface area contributed by atoms with E-state index in [0.717, 1.165) is 65.7 Å². The molecule has 5 rings (SSSR count). The van der Waals surface area contributed by atoms with E-state index in [1.807, 2.05) is 42.5 Å². The molecule has 1 aliphatic heterocycles. The average molecular weight is 454 g/mol. The van der Waals surface area contributed by atoms with E-state index >= 15 is 0 Å². The van der Waals surface area contributed by atoms with E-state index in [9.17, 15) is 4.79 Å². The molecule has 0 bridgehead atoms. The molecule has 0 radical (unpaired) electrons. The van der Waals surface area contributed by atoms with Gasteiger partial charge in [0, 0.05) is 11.8 Å². The molecule has 34 heavy (non-hydrogen) atoms. The zero-order valence-electron chi connectivity index (χ0n) is 19.9. The summed E-state index contributed by atoms with van der Waals surface area (Å²) in [7, 11) is 3.84. The molecule has 0 spiro atoms. The fourth-order valence-electron chi connectivity index (χ4n) is 4.93. The summed E-state index contributed by atoms with van der Waals surface area (Å²) in [5.74, 6) is 0.851. The standard InChI is InChI=1S/C29H31N3O2/c1-31-17-6-8-24(16-18-31)32-29(33)27-11-4-3-10-26(27)28(30-32)19-21-12-14-22(15-13-21)23-7-5-9-25(20-23)34-2/h3-5,7,9-15,20,24H,6,8,16-19H2,1-2H3. The van der Waals surface area contributed by atoms with Gasteiger partial charge in [0.25, 0.3) is 5.56 Å². The predicted molar refractivity (Wildman–Crippen MR) is 138 cm³/mol. The number of benzene rings is 3. The van der Waals surface area contributed by atoms with Crippen LogP contribution in [-0.4, -0.2) is 41.9 Å². The van der Waals surface area contributed by atoms with Crippen molar-refractivity contribution >= 4 is 10.8 Å². The minimum absolute atomic E-state index is 0.0299. The molecule has 0 saturated carbocycles. The summed E-state index contributed by atoms with van der Waals surface area (Å²) in [5, 5.41) is 6.67. The maximum Gasteiger partial charge on any atom is 0.274 e. The van der Waals surface area contributed by atoms with Crippen molar-refractivity contribution in [3.63, 3.8) is 0 Å². The Morgan fingerprint density at radius 3 is 2.50 bits per heavy atom. The van der Waals surface area contributed by atoms with Gasteiger partial charge in [-0.25, -0.2) is 4.68 Å². The zero-order chi connectivity index (χ0) is 23.5. The highest BCUT2D eigenvalue weighted by molar-refractivity contribution is 5.83. The first-order valence-corrected chi connectivity index (χ1v) is 12.0. The summed E-state index contributed by atoms with van der Waals surface area (Å²) in [4.78, 5) is 15.7. The summed E-state index contributed by atoms with van der Waals surface area (Å²) in [6.07, 6.45) is 3.72. The van der Waals surface area contributed by atoms with Crippen molar-refractivity contribution < 1.29 is 4.74 Å². The SMILES string of the molecule is COc1cccc(-c2ccc(Cc3nn(C4CCCN(C)CC4)c(=O)c4ccccc34)cc2)c1. The number of hydrogen-bond acceptors (Lipinski definition) is 4. The summed E-state index contributed by atoms with van der Waals surface area (Å²) in [6.45, 7) is 2.07. The maximum absolute atomic E-state index is 13.4. The Morgan fingerprint density at radius 1 is 0.912 bits per heavy atom. The lowest BCUT2D eigenvalue weighted by atomic mass is 10.00. The molecule has 2 heterocycles. The molecule has 0 aliphatic carbocycles. The Bertz CT molecular complexity index is 1340. The smallest absolute Gasteiger partial charge is 0.274 e. The van der Waals surface area contributed by atoms with E-state index < -0.39 is 0 Å². The molecule has 1 unspecified atom stereocenters. The predicted octanol–water partition coefficient (Wildman–Crippen LogP) is 5.32. The van der Waals surface area contributed by atoms with Crippen LogP contribution in [-0.2, 0) is 6.42 Å². The Balaban J connectivity index is 1.48. The molecule has 1 aliphatic rings. The van der Waals surface area contributed by atoms with E-state index in [4.69, 9.17) is 9.84 Å². The van der Waals surface area contributed by atoms with E-state index in [-0.39, 0.29) is 11.6 Å². The Hall–Kier alpha value is -3.44. The van der Waals surface area contributed by atoms with Crippen molar-refractivity contribution in [2.45, 2.75) is 31.7 Å². The minimum Gasteiger partial charge on any atom is -0.497 e. The van der Waals surface area contributed by atoms with Crippen LogP contribution in [0.15, 0.2) is 77.6 Å². The molecule has 0 N–H and O–H groups in total. The van der Waals surface area contributed by atoms with Crippen LogP contribution in [0.25, 0.3) is 21.9 Å². The average Bonchev–Trinajstić information content (AvgIpc) is 3.10. The second-order valence-electron chi connectivity index (χ2n) is 9.24. The first-order valence-electron chi connectivity index (χ1n) is 12.0. The molecule has 4 aromatic rings. The van der Waals surface area contributed by atoms with Crippen molar-refractivity contribution in [1.82, 2.24) is 14.7 Å². The van der Waals surface area contributed by atoms with E-state index in [1.54, 1.807) is 11.8 Å². The van der Waals surface area contributed by atoms with Crippen LogP contribution in [0.2, 0.25) is 0 Å². The van der Waals surface area contributed by atoms with Gasteiger partial charge < -0.3 is 9.64 Å². The van der Waals surface area contributed by atoms with Gasteiger partial charge in [0.2, 0.25) is 0 Å². The normalized spacial score (nSPS) is 16.9. The first-order chi connectivity index (χ1) is 16.6. The fraction of sp³-hybridized carbons (Fsp3) is 0.310. The first kappa shape index (κ1) is 22.4. The van der Waals surface area contributed by atoms with Gasteiger partial charge in [0.1, 0.15) is 5.75 Å². The summed E-state index contributed by atoms with van der Waals surface area (Å²) in [6, 6.07) is 24.7. The number of rotatable bonds is 5. The van der Waals surface area contributed by atoms with Crippen LogP contribution >= 0.6 is 0 Å². The van der Waals surface area contributed by atoms with Crippen molar-refractivity contribution in [2.24, 2.45) is 0 Å². The minimum atomic E-state index is 0.0299. The molecular formula is C29H31N3O2. The summed E-state index contributed by atoms with van der Waals surface area (Å²) < 4.78 is 7.14. The molecule has 1 saturated heterocycles. The number of nitrogens with zero attached hydrogens (tertiary/aromatic N) is 3. The second kappa shape index (κ2) is 9.82. The lowest BCUT2D eigenvalue weighted by Crippen LogP contribution is -2.29. The van der Waals surface area contributed by atoms with Gasteiger partial charge in [-0.2, -0.15) is 5.10 Å².